The Labute approximate surface area is 95.1 Å². The van der Waals surface area contributed by atoms with Crippen LogP contribution >= 0.6 is 0 Å². The molecular weight excluding hydrogens is 208 g/mol. The first kappa shape index (κ1) is 12.5. The number of hydrogen-bond donors (Lipinski definition) is 1. The van der Waals surface area contributed by atoms with Crippen molar-refractivity contribution in [2.75, 3.05) is 27.6 Å². The van der Waals surface area contributed by atoms with Gasteiger partial charge in [-0.2, -0.15) is 0 Å². The molecular formula is C12H16O4. The maximum absolute atomic E-state index is 8.68. The molecule has 1 rings (SSSR count). The van der Waals surface area contributed by atoms with Crippen LogP contribution in [0.2, 0.25) is 0 Å². The Bertz CT molecular complexity index is 347. The predicted molar refractivity (Wildman–Crippen MR) is 61.6 cm³/mol. The maximum Gasteiger partial charge on any atom is 0.188 e. The molecule has 88 valence electrons. The van der Waals surface area contributed by atoms with E-state index in [1.54, 1.807) is 26.4 Å². The maximum atomic E-state index is 8.68. The second-order valence-corrected chi connectivity index (χ2v) is 3.05. The average molecular weight is 224 g/mol. The van der Waals surface area contributed by atoms with Crippen LogP contribution in [0.5, 0.6) is 11.5 Å². The number of benzene rings is 1. The highest BCUT2D eigenvalue weighted by molar-refractivity contribution is 5.55. The summed E-state index contributed by atoms with van der Waals surface area (Å²) in [7, 11) is 3.14. The lowest BCUT2D eigenvalue weighted by molar-refractivity contribution is 0.0491. The SMILES string of the molecule is COCOc1cc(C=CCO)ccc1OC. The zero-order valence-corrected chi connectivity index (χ0v) is 9.47. The highest BCUT2D eigenvalue weighted by Crippen LogP contribution is 2.28. The van der Waals surface area contributed by atoms with Crippen molar-refractivity contribution in [2.45, 2.75) is 0 Å². The van der Waals surface area contributed by atoms with Crippen molar-refractivity contribution in [1.82, 2.24) is 0 Å². The smallest absolute Gasteiger partial charge is 0.188 e. The summed E-state index contributed by atoms with van der Waals surface area (Å²) in [5, 5.41) is 8.68. The molecule has 0 atom stereocenters. The molecule has 0 bridgehead atoms. The third-order valence-electron chi connectivity index (χ3n) is 1.94. The first-order chi connectivity index (χ1) is 7.81. The first-order valence-corrected chi connectivity index (χ1v) is 4.89. The predicted octanol–water partition coefficient (Wildman–Crippen LogP) is 1.68. The molecule has 1 aromatic rings. The molecule has 4 heteroatoms. The van der Waals surface area contributed by atoms with Crippen molar-refractivity contribution in [3.63, 3.8) is 0 Å². The van der Waals surface area contributed by atoms with Crippen molar-refractivity contribution in [1.29, 1.82) is 0 Å². The van der Waals surface area contributed by atoms with Gasteiger partial charge in [0.15, 0.2) is 18.3 Å². The van der Waals surface area contributed by atoms with Crippen LogP contribution in [0.4, 0.5) is 0 Å². The fourth-order valence-electron chi connectivity index (χ4n) is 1.22. The van der Waals surface area contributed by atoms with Crippen molar-refractivity contribution in [2.24, 2.45) is 0 Å². The topological polar surface area (TPSA) is 47.9 Å². The zero-order chi connectivity index (χ0) is 11.8. The summed E-state index contributed by atoms with van der Waals surface area (Å²) < 4.78 is 15.3. The summed E-state index contributed by atoms with van der Waals surface area (Å²) in [5.74, 6) is 1.27. The lowest BCUT2D eigenvalue weighted by atomic mass is 10.2. The molecule has 1 aromatic carbocycles. The molecule has 0 spiro atoms. The number of ether oxygens (including phenoxy) is 3. The summed E-state index contributed by atoms with van der Waals surface area (Å²) in [6.07, 6.45) is 3.46. The first-order valence-electron chi connectivity index (χ1n) is 4.89. The number of rotatable bonds is 6. The highest BCUT2D eigenvalue weighted by Gasteiger charge is 2.04. The Morgan fingerprint density at radius 3 is 2.69 bits per heavy atom. The number of methoxy groups -OCH3 is 2. The van der Waals surface area contributed by atoms with Gasteiger partial charge in [-0.15, -0.1) is 0 Å². The van der Waals surface area contributed by atoms with Gasteiger partial charge in [0, 0.05) is 7.11 Å². The van der Waals surface area contributed by atoms with Crippen LogP contribution in [0.25, 0.3) is 6.08 Å². The van der Waals surface area contributed by atoms with Gasteiger partial charge >= 0.3 is 0 Å². The number of aliphatic hydroxyl groups excluding tert-OH is 1. The summed E-state index contributed by atoms with van der Waals surface area (Å²) >= 11 is 0. The van der Waals surface area contributed by atoms with Crippen LogP contribution in [0.3, 0.4) is 0 Å². The van der Waals surface area contributed by atoms with Crippen LogP contribution in [0.15, 0.2) is 24.3 Å². The molecule has 0 aliphatic rings. The summed E-state index contributed by atoms with van der Waals surface area (Å²) in [6, 6.07) is 5.51. The normalized spacial score (nSPS) is 10.7. The van der Waals surface area contributed by atoms with Gasteiger partial charge < -0.3 is 19.3 Å². The third-order valence-corrected chi connectivity index (χ3v) is 1.94. The van der Waals surface area contributed by atoms with E-state index in [9.17, 15) is 0 Å². The average Bonchev–Trinajstić information content (AvgIpc) is 2.33. The van der Waals surface area contributed by atoms with Crippen LogP contribution < -0.4 is 9.47 Å². The molecule has 0 radical (unpaired) electrons. The lowest BCUT2D eigenvalue weighted by Crippen LogP contribution is -2.00. The fourth-order valence-corrected chi connectivity index (χ4v) is 1.22. The van der Waals surface area contributed by atoms with Crippen molar-refractivity contribution < 1.29 is 19.3 Å². The number of hydrogen-bond acceptors (Lipinski definition) is 4. The van der Waals surface area contributed by atoms with Gasteiger partial charge in [0.2, 0.25) is 0 Å². The Morgan fingerprint density at radius 1 is 1.25 bits per heavy atom. The highest BCUT2D eigenvalue weighted by atomic mass is 16.7. The fraction of sp³-hybridized carbons (Fsp3) is 0.333. The summed E-state index contributed by atoms with van der Waals surface area (Å²) in [5.41, 5.74) is 0.931. The van der Waals surface area contributed by atoms with E-state index in [1.807, 2.05) is 18.2 Å². The molecule has 0 saturated carbocycles. The quantitative estimate of drug-likeness (QED) is 0.747. The van der Waals surface area contributed by atoms with Gasteiger partial charge in [0.1, 0.15) is 0 Å². The monoisotopic (exact) mass is 224 g/mol. The largest absolute Gasteiger partial charge is 0.493 e. The van der Waals surface area contributed by atoms with Gasteiger partial charge in [-0.1, -0.05) is 18.2 Å². The second kappa shape index (κ2) is 6.87. The van der Waals surface area contributed by atoms with Crippen LogP contribution in [0.1, 0.15) is 5.56 Å². The van der Waals surface area contributed by atoms with E-state index in [4.69, 9.17) is 19.3 Å². The van der Waals surface area contributed by atoms with E-state index in [0.29, 0.717) is 11.5 Å². The molecule has 0 unspecified atom stereocenters. The molecule has 0 fully saturated rings. The molecule has 16 heavy (non-hydrogen) atoms. The summed E-state index contributed by atoms with van der Waals surface area (Å²) in [6.45, 7) is 0.184. The van der Waals surface area contributed by atoms with Gasteiger partial charge in [0.05, 0.1) is 13.7 Å². The van der Waals surface area contributed by atoms with E-state index in [1.165, 1.54) is 0 Å². The second-order valence-electron chi connectivity index (χ2n) is 3.05. The molecule has 1 N–H and O–H groups in total. The van der Waals surface area contributed by atoms with Gasteiger partial charge in [-0.3, -0.25) is 0 Å². The minimum Gasteiger partial charge on any atom is -0.493 e. The molecule has 0 aliphatic heterocycles. The standard InChI is InChI=1S/C12H16O4/c1-14-9-16-12-8-10(4-3-7-13)5-6-11(12)15-2/h3-6,8,13H,7,9H2,1-2H3. The third kappa shape index (κ3) is 3.56. The zero-order valence-electron chi connectivity index (χ0n) is 9.47. The molecule has 0 heterocycles. The van der Waals surface area contributed by atoms with E-state index in [2.05, 4.69) is 0 Å². The van der Waals surface area contributed by atoms with Crippen molar-refractivity contribution in [3.05, 3.63) is 29.8 Å². The van der Waals surface area contributed by atoms with Crippen LogP contribution in [0, 0.1) is 0 Å². The van der Waals surface area contributed by atoms with Crippen LogP contribution in [-0.4, -0.2) is 32.7 Å². The van der Waals surface area contributed by atoms with Crippen molar-refractivity contribution in [3.8, 4) is 11.5 Å². The minimum absolute atomic E-state index is 0.0142. The Hall–Kier alpha value is -1.52. The Kier molecular flexibility index (Phi) is 5.39. The molecule has 4 nitrogen and oxygen atoms in total. The minimum atomic E-state index is 0.0142. The van der Waals surface area contributed by atoms with E-state index < -0.39 is 0 Å². The summed E-state index contributed by atoms with van der Waals surface area (Å²) in [4.78, 5) is 0. The Balaban J connectivity index is 2.87. The number of aliphatic hydroxyl groups is 1. The van der Waals surface area contributed by atoms with E-state index in [-0.39, 0.29) is 13.4 Å². The van der Waals surface area contributed by atoms with E-state index >= 15 is 0 Å². The molecule has 0 amide bonds. The molecule has 0 saturated heterocycles. The van der Waals surface area contributed by atoms with Crippen LogP contribution in [-0.2, 0) is 4.74 Å². The van der Waals surface area contributed by atoms with Gasteiger partial charge in [-0.05, 0) is 17.7 Å². The van der Waals surface area contributed by atoms with E-state index in [0.717, 1.165) is 5.56 Å². The van der Waals surface area contributed by atoms with Gasteiger partial charge in [-0.25, -0.2) is 0 Å². The Morgan fingerprint density at radius 2 is 2.06 bits per heavy atom. The molecule has 0 aromatic heterocycles. The lowest BCUT2D eigenvalue weighted by Gasteiger charge is -2.10. The van der Waals surface area contributed by atoms with Crippen molar-refractivity contribution >= 4 is 6.08 Å². The molecule has 0 aliphatic carbocycles. The van der Waals surface area contributed by atoms with Gasteiger partial charge in [0.25, 0.3) is 0 Å².